The zero-order chi connectivity index (χ0) is 16.3. The molecule has 7 nitrogen and oxygen atoms in total. The first-order chi connectivity index (χ1) is 10.4. The molecule has 2 aromatic rings. The van der Waals surface area contributed by atoms with E-state index in [1.165, 1.54) is 13.1 Å². The van der Waals surface area contributed by atoms with Gasteiger partial charge in [0.15, 0.2) is 0 Å². The minimum absolute atomic E-state index is 0.0434. The first kappa shape index (κ1) is 15.7. The van der Waals surface area contributed by atoms with Gasteiger partial charge in [-0.25, -0.2) is 10.5 Å². The third kappa shape index (κ3) is 3.32. The van der Waals surface area contributed by atoms with E-state index in [0.717, 1.165) is 10.2 Å². The van der Waals surface area contributed by atoms with Crippen LogP contribution in [0.1, 0.15) is 24.2 Å². The molecule has 1 heterocycles. The molecule has 0 atom stereocenters. The van der Waals surface area contributed by atoms with Crippen LogP contribution in [-0.4, -0.2) is 21.8 Å². The predicted molar refractivity (Wildman–Crippen MR) is 82.3 cm³/mol. The van der Waals surface area contributed by atoms with Crippen LogP contribution < -0.4 is 21.6 Å². The molecule has 0 aliphatic rings. The molecule has 1 aromatic carbocycles. The summed E-state index contributed by atoms with van der Waals surface area (Å²) in [5.41, 5.74) is 2.60. The van der Waals surface area contributed by atoms with Crippen LogP contribution in [-0.2, 0) is 7.05 Å². The number of hydrazine groups is 1. The second kappa shape index (κ2) is 6.40. The van der Waals surface area contributed by atoms with Gasteiger partial charge in [0.2, 0.25) is 0 Å². The Hall–Kier alpha value is -2.67. The van der Waals surface area contributed by atoms with Gasteiger partial charge in [-0.1, -0.05) is 12.1 Å². The highest BCUT2D eigenvalue weighted by Gasteiger charge is 2.14. The van der Waals surface area contributed by atoms with Gasteiger partial charge < -0.3 is 4.74 Å². The lowest BCUT2D eigenvalue weighted by atomic mass is 10.1. The third-order valence-corrected chi connectivity index (χ3v) is 2.94. The van der Waals surface area contributed by atoms with Gasteiger partial charge in [-0.2, -0.15) is 5.10 Å². The van der Waals surface area contributed by atoms with Crippen molar-refractivity contribution in [3.8, 4) is 17.0 Å². The van der Waals surface area contributed by atoms with Gasteiger partial charge in [0.1, 0.15) is 11.3 Å². The molecular formula is C15H18N4O3. The average Bonchev–Trinajstić information content (AvgIpc) is 2.48. The van der Waals surface area contributed by atoms with Crippen molar-refractivity contribution in [2.24, 2.45) is 12.9 Å². The van der Waals surface area contributed by atoms with Crippen LogP contribution in [0.3, 0.4) is 0 Å². The van der Waals surface area contributed by atoms with Crippen LogP contribution in [0.2, 0.25) is 0 Å². The van der Waals surface area contributed by atoms with Crippen molar-refractivity contribution in [3.05, 3.63) is 46.2 Å². The smallest absolute Gasteiger partial charge is 0.279 e. The molecule has 0 spiro atoms. The number of nitrogens with zero attached hydrogens (tertiary/aromatic N) is 2. The number of ether oxygens (including phenoxy) is 1. The second-order valence-corrected chi connectivity index (χ2v) is 5.04. The minimum Gasteiger partial charge on any atom is -0.491 e. The number of nitrogens with two attached hydrogens (primary N) is 1. The number of amides is 1. The lowest BCUT2D eigenvalue weighted by Crippen LogP contribution is -2.36. The maximum Gasteiger partial charge on any atom is 0.279 e. The molecule has 0 fully saturated rings. The van der Waals surface area contributed by atoms with Crippen molar-refractivity contribution in [1.82, 2.24) is 15.2 Å². The van der Waals surface area contributed by atoms with Gasteiger partial charge in [-0.15, -0.1) is 0 Å². The summed E-state index contributed by atoms with van der Waals surface area (Å²) in [6.45, 7) is 3.86. The van der Waals surface area contributed by atoms with Crippen LogP contribution in [0.4, 0.5) is 0 Å². The van der Waals surface area contributed by atoms with Crippen LogP contribution in [0, 0.1) is 0 Å². The van der Waals surface area contributed by atoms with Gasteiger partial charge in [-0.3, -0.25) is 15.0 Å². The summed E-state index contributed by atoms with van der Waals surface area (Å²) in [6.07, 6.45) is 0.0434. The highest BCUT2D eigenvalue weighted by atomic mass is 16.5. The van der Waals surface area contributed by atoms with Crippen molar-refractivity contribution in [2.75, 3.05) is 0 Å². The number of hydrogen-bond donors (Lipinski definition) is 2. The van der Waals surface area contributed by atoms with Crippen molar-refractivity contribution >= 4 is 5.91 Å². The molecule has 0 radical (unpaired) electrons. The number of aryl methyl sites for hydroxylation is 1. The summed E-state index contributed by atoms with van der Waals surface area (Å²) in [7, 11) is 1.48. The highest BCUT2D eigenvalue weighted by molar-refractivity contribution is 5.94. The monoisotopic (exact) mass is 302 g/mol. The molecule has 116 valence electrons. The van der Waals surface area contributed by atoms with Crippen molar-refractivity contribution in [3.63, 3.8) is 0 Å². The summed E-state index contributed by atoms with van der Waals surface area (Å²) in [5, 5.41) is 4.17. The molecule has 0 saturated heterocycles. The minimum atomic E-state index is -0.654. The van der Waals surface area contributed by atoms with Crippen molar-refractivity contribution < 1.29 is 9.53 Å². The average molecular weight is 302 g/mol. The van der Waals surface area contributed by atoms with Crippen LogP contribution in [0.15, 0.2) is 35.1 Å². The molecule has 0 saturated carbocycles. The van der Waals surface area contributed by atoms with E-state index in [-0.39, 0.29) is 11.7 Å². The molecule has 1 aromatic heterocycles. The van der Waals surface area contributed by atoms with Gasteiger partial charge in [0.25, 0.3) is 11.5 Å². The summed E-state index contributed by atoms with van der Waals surface area (Å²) < 4.78 is 6.74. The van der Waals surface area contributed by atoms with Gasteiger partial charge in [0.05, 0.1) is 11.8 Å². The fourth-order valence-electron chi connectivity index (χ4n) is 1.99. The maximum atomic E-state index is 11.9. The number of nitrogen functional groups attached to an aromatic ring is 1. The molecule has 0 bridgehead atoms. The molecular weight excluding hydrogens is 284 g/mol. The van der Waals surface area contributed by atoms with E-state index in [0.29, 0.717) is 11.4 Å². The summed E-state index contributed by atoms with van der Waals surface area (Å²) in [4.78, 5) is 23.6. The van der Waals surface area contributed by atoms with Crippen molar-refractivity contribution in [1.29, 1.82) is 0 Å². The Morgan fingerprint density at radius 2 is 2.09 bits per heavy atom. The molecule has 3 N–H and O–H groups in total. The number of carbonyl (C=O) groups excluding carboxylic acids is 1. The van der Waals surface area contributed by atoms with Crippen molar-refractivity contribution in [2.45, 2.75) is 20.0 Å². The molecule has 0 aliphatic heterocycles. The Kier molecular flexibility index (Phi) is 4.57. The lowest BCUT2D eigenvalue weighted by Gasteiger charge is -2.11. The van der Waals surface area contributed by atoms with Gasteiger partial charge in [0, 0.05) is 12.6 Å². The zero-order valence-corrected chi connectivity index (χ0v) is 12.7. The van der Waals surface area contributed by atoms with E-state index < -0.39 is 11.5 Å². The zero-order valence-electron chi connectivity index (χ0n) is 12.7. The van der Waals surface area contributed by atoms with Gasteiger partial charge >= 0.3 is 0 Å². The predicted octanol–water partition coefficient (Wildman–Crippen LogP) is 0.838. The topological polar surface area (TPSA) is 99.2 Å². The lowest BCUT2D eigenvalue weighted by molar-refractivity contribution is 0.0951. The van der Waals surface area contributed by atoms with E-state index in [9.17, 15) is 9.59 Å². The number of nitrogens with one attached hydrogen (secondary N) is 1. The summed E-state index contributed by atoms with van der Waals surface area (Å²) in [5.74, 6) is 5.14. The molecule has 0 unspecified atom stereocenters. The Morgan fingerprint density at radius 3 is 2.73 bits per heavy atom. The maximum absolute atomic E-state index is 11.9. The molecule has 22 heavy (non-hydrogen) atoms. The Labute approximate surface area is 127 Å². The number of rotatable bonds is 4. The molecule has 0 aliphatic carbocycles. The second-order valence-electron chi connectivity index (χ2n) is 5.04. The van der Waals surface area contributed by atoms with Crippen LogP contribution >= 0.6 is 0 Å². The summed E-state index contributed by atoms with van der Waals surface area (Å²) in [6, 6.07) is 8.70. The van der Waals surface area contributed by atoms with E-state index >= 15 is 0 Å². The van der Waals surface area contributed by atoms with Crippen LogP contribution in [0.25, 0.3) is 11.3 Å². The highest BCUT2D eigenvalue weighted by Crippen LogP contribution is 2.22. The Morgan fingerprint density at radius 1 is 1.36 bits per heavy atom. The number of carbonyl (C=O) groups is 1. The standard InChI is InChI=1S/C15H18N4O3/c1-9(2)22-11-6-4-5-10(7-11)13-8-12(14(20)17-16)15(21)19(3)18-13/h4-9H,16H2,1-3H3,(H,17,20). The first-order valence-corrected chi connectivity index (χ1v) is 6.78. The van der Waals surface area contributed by atoms with E-state index in [2.05, 4.69) is 5.10 Å². The number of aromatic nitrogens is 2. The van der Waals surface area contributed by atoms with Gasteiger partial charge in [-0.05, 0) is 32.0 Å². The van der Waals surface area contributed by atoms with E-state index in [1.54, 1.807) is 6.07 Å². The number of benzene rings is 1. The molecule has 1 amide bonds. The normalized spacial score (nSPS) is 10.6. The fourth-order valence-corrected chi connectivity index (χ4v) is 1.99. The SMILES string of the molecule is CC(C)Oc1cccc(-c2cc(C(=O)NN)c(=O)n(C)n2)c1. The van der Waals surface area contributed by atoms with Crippen LogP contribution in [0.5, 0.6) is 5.75 Å². The number of hydrogen-bond acceptors (Lipinski definition) is 5. The third-order valence-electron chi connectivity index (χ3n) is 2.94. The first-order valence-electron chi connectivity index (χ1n) is 6.78. The molecule has 7 heteroatoms. The summed E-state index contributed by atoms with van der Waals surface area (Å²) >= 11 is 0. The Balaban J connectivity index is 2.51. The Bertz CT molecular complexity index is 753. The van der Waals surface area contributed by atoms with E-state index in [1.807, 2.05) is 37.5 Å². The largest absolute Gasteiger partial charge is 0.491 e. The van der Waals surface area contributed by atoms with E-state index in [4.69, 9.17) is 10.6 Å². The fraction of sp³-hybridized carbons (Fsp3) is 0.267. The molecule has 2 rings (SSSR count). The quantitative estimate of drug-likeness (QED) is 0.495.